The number of rotatable bonds is 3. The van der Waals surface area contributed by atoms with Crippen LogP contribution in [0.2, 0.25) is 15.1 Å². The fraction of sp³-hybridized carbons (Fsp3) is 0. The minimum atomic E-state index is -1.41. The van der Waals surface area contributed by atoms with Crippen LogP contribution in [-0.4, -0.2) is 11.1 Å². The van der Waals surface area contributed by atoms with E-state index in [0.717, 1.165) is 12.1 Å². The summed E-state index contributed by atoms with van der Waals surface area (Å²) in [6.45, 7) is 0. The standard InChI is InChI=1S/C13H6Cl3FO3/c14-8-2-1-6(3-9(8)15)20-12-5-11(17)7(13(18)19)4-10(12)16/h1-5H,(H,18,19). The van der Waals surface area contributed by atoms with Gasteiger partial charge in [-0.1, -0.05) is 34.8 Å². The maximum atomic E-state index is 13.6. The van der Waals surface area contributed by atoms with Gasteiger partial charge in [0.2, 0.25) is 0 Å². The number of carbonyl (C=O) groups is 1. The van der Waals surface area contributed by atoms with Gasteiger partial charge in [0.05, 0.1) is 20.6 Å². The van der Waals surface area contributed by atoms with E-state index in [1.54, 1.807) is 0 Å². The van der Waals surface area contributed by atoms with Crippen LogP contribution in [0.4, 0.5) is 4.39 Å². The molecule has 0 saturated heterocycles. The number of ether oxygens (including phenoxy) is 1. The largest absolute Gasteiger partial charge is 0.478 e. The Morgan fingerprint density at radius 2 is 1.75 bits per heavy atom. The molecule has 2 aromatic rings. The Balaban J connectivity index is 2.36. The molecule has 2 rings (SSSR count). The van der Waals surface area contributed by atoms with Crippen molar-refractivity contribution in [3.05, 3.63) is 56.8 Å². The molecular formula is C13H6Cl3FO3. The van der Waals surface area contributed by atoms with Crippen molar-refractivity contribution in [2.75, 3.05) is 0 Å². The zero-order valence-electron chi connectivity index (χ0n) is 9.66. The van der Waals surface area contributed by atoms with Crippen molar-refractivity contribution in [1.82, 2.24) is 0 Å². The summed E-state index contributed by atoms with van der Waals surface area (Å²) in [6, 6.07) is 6.34. The molecule has 0 aliphatic carbocycles. The van der Waals surface area contributed by atoms with Gasteiger partial charge in [0, 0.05) is 12.1 Å². The third kappa shape index (κ3) is 3.15. The second kappa shape index (κ2) is 5.87. The zero-order valence-corrected chi connectivity index (χ0v) is 11.9. The summed E-state index contributed by atoms with van der Waals surface area (Å²) < 4.78 is 18.9. The lowest BCUT2D eigenvalue weighted by Crippen LogP contribution is -2.01. The maximum absolute atomic E-state index is 13.6. The summed E-state index contributed by atoms with van der Waals surface area (Å²) in [5.74, 6) is -2.08. The average Bonchev–Trinajstić information content (AvgIpc) is 2.37. The van der Waals surface area contributed by atoms with Crippen LogP contribution in [0.1, 0.15) is 10.4 Å². The molecule has 7 heteroatoms. The van der Waals surface area contributed by atoms with Gasteiger partial charge in [-0.3, -0.25) is 0 Å². The molecule has 2 aromatic carbocycles. The highest BCUT2D eigenvalue weighted by atomic mass is 35.5. The van der Waals surface area contributed by atoms with Gasteiger partial charge in [-0.05, 0) is 18.2 Å². The molecule has 20 heavy (non-hydrogen) atoms. The first kappa shape index (κ1) is 14.9. The monoisotopic (exact) mass is 334 g/mol. The molecule has 0 aliphatic heterocycles. The molecule has 0 radical (unpaired) electrons. The van der Waals surface area contributed by atoms with Crippen molar-refractivity contribution < 1.29 is 19.0 Å². The summed E-state index contributed by atoms with van der Waals surface area (Å²) in [5.41, 5.74) is -0.531. The lowest BCUT2D eigenvalue weighted by atomic mass is 10.2. The molecule has 0 atom stereocenters. The van der Waals surface area contributed by atoms with Gasteiger partial charge < -0.3 is 9.84 Å². The second-order valence-corrected chi connectivity index (χ2v) is 4.97. The minimum absolute atomic E-state index is 0.0208. The maximum Gasteiger partial charge on any atom is 0.338 e. The number of benzene rings is 2. The number of halogens is 4. The molecule has 1 N–H and O–H groups in total. The molecule has 104 valence electrons. The third-order valence-corrected chi connectivity index (χ3v) is 3.41. The molecule has 0 saturated carbocycles. The predicted molar refractivity (Wildman–Crippen MR) is 74.9 cm³/mol. The van der Waals surface area contributed by atoms with Crippen molar-refractivity contribution >= 4 is 40.8 Å². The lowest BCUT2D eigenvalue weighted by molar-refractivity contribution is 0.0692. The molecule has 0 aromatic heterocycles. The molecule has 0 heterocycles. The third-order valence-electron chi connectivity index (χ3n) is 2.37. The molecule has 0 fully saturated rings. The number of aromatic carboxylic acids is 1. The van der Waals surface area contributed by atoms with Crippen molar-refractivity contribution in [1.29, 1.82) is 0 Å². The van der Waals surface area contributed by atoms with E-state index in [1.165, 1.54) is 18.2 Å². The summed E-state index contributed by atoms with van der Waals surface area (Å²) in [5, 5.41) is 9.35. The summed E-state index contributed by atoms with van der Waals surface area (Å²) in [6.07, 6.45) is 0. The van der Waals surface area contributed by atoms with Gasteiger partial charge in [0.15, 0.2) is 0 Å². The van der Waals surface area contributed by atoms with Crippen molar-refractivity contribution in [3.8, 4) is 11.5 Å². The highest BCUT2D eigenvalue weighted by Gasteiger charge is 2.15. The molecule has 0 aliphatic rings. The predicted octanol–water partition coefficient (Wildman–Crippen LogP) is 5.28. The Labute approximate surface area is 128 Å². The van der Waals surface area contributed by atoms with Crippen LogP contribution in [0.5, 0.6) is 11.5 Å². The molecule has 0 bridgehead atoms. The normalized spacial score (nSPS) is 10.4. The van der Waals surface area contributed by atoms with E-state index in [1.807, 2.05) is 0 Å². The Bertz CT molecular complexity index is 689. The van der Waals surface area contributed by atoms with Gasteiger partial charge in [-0.2, -0.15) is 0 Å². The Hall–Kier alpha value is -1.49. The summed E-state index contributed by atoms with van der Waals surface area (Å²) >= 11 is 17.4. The SMILES string of the molecule is O=C(O)c1cc(Cl)c(Oc2ccc(Cl)c(Cl)c2)cc1F. The van der Waals surface area contributed by atoms with Gasteiger partial charge in [0.25, 0.3) is 0 Å². The van der Waals surface area contributed by atoms with Gasteiger partial charge in [0.1, 0.15) is 17.3 Å². The fourth-order valence-electron chi connectivity index (χ4n) is 1.44. The first-order chi connectivity index (χ1) is 9.38. The fourth-order valence-corrected chi connectivity index (χ4v) is 1.93. The van der Waals surface area contributed by atoms with Gasteiger partial charge >= 0.3 is 5.97 Å². The zero-order chi connectivity index (χ0) is 14.9. The Morgan fingerprint density at radius 1 is 1.05 bits per heavy atom. The molecule has 0 unspecified atom stereocenters. The Morgan fingerprint density at radius 3 is 2.35 bits per heavy atom. The number of hydrogen-bond donors (Lipinski definition) is 1. The second-order valence-electron chi connectivity index (χ2n) is 3.75. The first-order valence-electron chi connectivity index (χ1n) is 5.23. The summed E-state index contributed by atoms with van der Waals surface area (Å²) in [4.78, 5) is 10.8. The van der Waals surface area contributed by atoms with E-state index in [0.29, 0.717) is 10.8 Å². The van der Waals surface area contributed by atoms with E-state index in [-0.39, 0.29) is 15.8 Å². The quantitative estimate of drug-likeness (QED) is 0.830. The van der Waals surface area contributed by atoms with E-state index >= 15 is 0 Å². The van der Waals surface area contributed by atoms with E-state index in [9.17, 15) is 9.18 Å². The van der Waals surface area contributed by atoms with Crippen LogP contribution in [0, 0.1) is 5.82 Å². The van der Waals surface area contributed by atoms with Gasteiger partial charge in [-0.15, -0.1) is 0 Å². The van der Waals surface area contributed by atoms with Crippen molar-refractivity contribution in [3.63, 3.8) is 0 Å². The van der Waals surface area contributed by atoms with Gasteiger partial charge in [-0.25, -0.2) is 9.18 Å². The molecule has 3 nitrogen and oxygen atoms in total. The average molecular weight is 336 g/mol. The minimum Gasteiger partial charge on any atom is -0.478 e. The van der Waals surface area contributed by atoms with Crippen LogP contribution < -0.4 is 4.74 Å². The molecular weight excluding hydrogens is 329 g/mol. The Kier molecular flexibility index (Phi) is 4.38. The van der Waals surface area contributed by atoms with Crippen LogP contribution in [0.25, 0.3) is 0 Å². The topological polar surface area (TPSA) is 46.5 Å². The number of hydrogen-bond acceptors (Lipinski definition) is 2. The van der Waals surface area contributed by atoms with Crippen LogP contribution >= 0.6 is 34.8 Å². The summed E-state index contributed by atoms with van der Waals surface area (Å²) in [7, 11) is 0. The molecule has 0 amide bonds. The van der Waals surface area contributed by atoms with Crippen molar-refractivity contribution in [2.24, 2.45) is 0 Å². The van der Waals surface area contributed by atoms with Crippen molar-refractivity contribution in [2.45, 2.75) is 0 Å². The van der Waals surface area contributed by atoms with E-state index < -0.39 is 17.3 Å². The van der Waals surface area contributed by atoms with E-state index in [4.69, 9.17) is 44.6 Å². The highest BCUT2D eigenvalue weighted by Crippen LogP contribution is 2.34. The van der Waals surface area contributed by atoms with E-state index in [2.05, 4.69) is 0 Å². The van der Waals surface area contributed by atoms with Crippen LogP contribution in [0.15, 0.2) is 30.3 Å². The number of carboxylic acids is 1. The number of carboxylic acid groups (broad SMARTS) is 1. The first-order valence-corrected chi connectivity index (χ1v) is 6.37. The van der Waals surface area contributed by atoms with Crippen LogP contribution in [0.3, 0.4) is 0 Å². The van der Waals surface area contributed by atoms with Crippen LogP contribution in [-0.2, 0) is 0 Å². The lowest BCUT2D eigenvalue weighted by Gasteiger charge is -2.09. The smallest absolute Gasteiger partial charge is 0.338 e. The molecule has 0 spiro atoms. The highest BCUT2D eigenvalue weighted by molar-refractivity contribution is 6.42.